The Morgan fingerprint density at radius 2 is 1.62 bits per heavy atom. The van der Waals surface area contributed by atoms with Crippen LogP contribution in [-0.2, 0) is 6.54 Å². The molecule has 0 saturated heterocycles. The predicted molar refractivity (Wildman–Crippen MR) is 92.1 cm³/mol. The Morgan fingerprint density at radius 1 is 0.875 bits per heavy atom. The van der Waals surface area contributed by atoms with Gasteiger partial charge in [-0.1, -0.05) is 12.1 Å². The number of benzene rings is 1. The zero-order valence-electron chi connectivity index (χ0n) is 13.6. The zero-order chi connectivity index (χ0) is 16.8. The first-order chi connectivity index (χ1) is 11.8. The summed E-state index contributed by atoms with van der Waals surface area (Å²) in [5, 5.41) is 3.27. The molecule has 0 aliphatic carbocycles. The lowest BCUT2D eigenvalue weighted by Gasteiger charge is -2.08. The normalized spacial score (nSPS) is 10.2. The fourth-order valence-electron chi connectivity index (χ4n) is 2.20. The van der Waals surface area contributed by atoms with E-state index in [0.29, 0.717) is 18.1 Å². The van der Waals surface area contributed by atoms with Crippen molar-refractivity contribution in [2.24, 2.45) is 0 Å². The molecule has 0 radical (unpaired) electrons. The lowest BCUT2D eigenvalue weighted by Crippen LogP contribution is -2.02. The van der Waals surface area contributed by atoms with Crippen LogP contribution in [0.4, 0.5) is 5.82 Å². The maximum Gasteiger partial charge on any atom is 0.145 e. The van der Waals surface area contributed by atoms with Gasteiger partial charge in [0.25, 0.3) is 0 Å². The highest BCUT2D eigenvalue weighted by molar-refractivity contribution is 5.60. The third kappa shape index (κ3) is 3.78. The molecule has 0 spiro atoms. The number of nitrogens with zero attached hydrogens (tertiary/aromatic N) is 3. The molecule has 24 heavy (non-hydrogen) atoms. The fourth-order valence-corrected chi connectivity index (χ4v) is 2.20. The van der Waals surface area contributed by atoms with E-state index < -0.39 is 0 Å². The minimum absolute atomic E-state index is 0.651. The van der Waals surface area contributed by atoms with E-state index in [1.807, 2.05) is 30.3 Å². The molecule has 0 amide bonds. The largest absolute Gasteiger partial charge is 0.497 e. The molecule has 0 unspecified atom stereocenters. The molecule has 0 fully saturated rings. The van der Waals surface area contributed by atoms with Gasteiger partial charge in [-0.25, -0.2) is 4.98 Å². The number of methoxy groups -OCH3 is 2. The monoisotopic (exact) mass is 322 g/mol. The Morgan fingerprint density at radius 3 is 2.38 bits per heavy atom. The van der Waals surface area contributed by atoms with E-state index >= 15 is 0 Å². The summed E-state index contributed by atoms with van der Waals surface area (Å²) < 4.78 is 10.4. The minimum Gasteiger partial charge on any atom is -0.497 e. The predicted octanol–water partition coefficient (Wildman–Crippen LogP) is 3.17. The van der Waals surface area contributed by atoms with Crippen LogP contribution in [0.2, 0.25) is 0 Å². The number of aromatic nitrogens is 3. The maximum atomic E-state index is 5.19. The highest BCUT2D eigenvalue weighted by atomic mass is 16.5. The molecule has 2 heterocycles. The summed E-state index contributed by atoms with van der Waals surface area (Å²) >= 11 is 0. The molecule has 1 aromatic carbocycles. The first-order valence-corrected chi connectivity index (χ1v) is 7.47. The smallest absolute Gasteiger partial charge is 0.145 e. The van der Waals surface area contributed by atoms with Crippen LogP contribution < -0.4 is 14.8 Å². The van der Waals surface area contributed by atoms with Gasteiger partial charge in [-0.3, -0.25) is 9.97 Å². The third-order valence-corrected chi connectivity index (χ3v) is 3.51. The first kappa shape index (κ1) is 15.7. The lowest BCUT2D eigenvalue weighted by atomic mass is 10.2. The van der Waals surface area contributed by atoms with E-state index in [9.17, 15) is 0 Å². The van der Waals surface area contributed by atoms with Gasteiger partial charge in [0.1, 0.15) is 17.3 Å². The Kier molecular flexibility index (Phi) is 4.86. The van der Waals surface area contributed by atoms with Crippen molar-refractivity contribution in [2.75, 3.05) is 19.5 Å². The van der Waals surface area contributed by atoms with E-state index in [1.165, 1.54) is 0 Å². The van der Waals surface area contributed by atoms with Crippen molar-refractivity contribution >= 4 is 5.82 Å². The molecule has 122 valence electrons. The Hall–Kier alpha value is -3.15. The third-order valence-electron chi connectivity index (χ3n) is 3.51. The molecule has 3 aromatic rings. The number of ether oxygens (including phenoxy) is 2. The van der Waals surface area contributed by atoms with Gasteiger partial charge in [0.15, 0.2) is 0 Å². The molecule has 0 saturated carbocycles. The van der Waals surface area contributed by atoms with Crippen LogP contribution in [0, 0.1) is 0 Å². The summed E-state index contributed by atoms with van der Waals surface area (Å²) in [6.45, 7) is 0.651. The second-order valence-electron chi connectivity index (χ2n) is 5.10. The average molecular weight is 322 g/mol. The molecule has 2 aromatic heterocycles. The van der Waals surface area contributed by atoms with Gasteiger partial charge >= 0.3 is 0 Å². The van der Waals surface area contributed by atoms with Crippen LogP contribution in [-0.4, -0.2) is 29.2 Å². The maximum absolute atomic E-state index is 5.19. The number of hydrogen-bond donors (Lipinski definition) is 1. The molecular weight excluding hydrogens is 304 g/mol. The van der Waals surface area contributed by atoms with Gasteiger partial charge in [0.05, 0.1) is 38.5 Å². The summed E-state index contributed by atoms with van der Waals surface area (Å²) in [6.07, 6.45) is 6.79. The van der Waals surface area contributed by atoms with Crippen molar-refractivity contribution in [1.82, 2.24) is 15.0 Å². The summed E-state index contributed by atoms with van der Waals surface area (Å²) in [5.41, 5.74) is 2.72. The number of nitrogens with one attached hydrogen (secondary N) is 1. The minimum atomic E-state index is 0.651. The van der Waals surface area contributed by atoms with Gasteiger partial charge < -0.3 is 14.8 Å². The first-order valence-electron chi connectivity index (χ1n) is 7.47. The standard InChI is InChI=1S/C18H18N4O2/c1-23-15-5-3-13(4-6-15)8-21-18-12-20-11-17(22-18)14-7-16(24-2)10-19-9-14/h3-7,9-12H,8H2,1-2H3,(H,21,22). The van der Waals surface area contributed by atoms with Crippen molar-refractivity contribution < 1.29 is 9.47 Å². The highest BCUT2D eigenvalue weighted by Crippen LogP contribution is 2.21. The van der Waals surface area contributed by atoms with Crippen LogP contribution in [0.15, 0.2) is 55.1 Å². The van der Waals surface area contributed by atoms with Crippen molar-refractivity contribution in [3.63, 3.8) is 0 Å². The molecule has 0 atom stereocenters. The van der Waals surface area contributed by atoms with Crippen LogP contribution in [0.1, 0.15) is 5.56 Å². The van der Waals surface area contributed by atoms with Gasteiger partial charge in [-0.05, 0) is 23.8 Å². The Bertz CT molecular complexity index is 806. The van der Waals surface area contributed by atoms with E-state index in [1.54, 1.807) is 39.0 Å². The second-order valence-corrected chi connectivity index (χ2v) is 5.10. The van der Waals surface area contributed by atoms with Crippen LogP contribution in [0.25, 0.3) is 11.3 Å². The van der Waals surface area contributed by atoms with Gasteiger partial charge in [-0.2, -0.15) is 0 Å². The van der Waals surface area contributed by atoms with E-state index in [0.717, 1.165) is 22.6 Å². The Labute approximate surface area is 140 Å². The molecule has 6 heteroatoms. The van der Waals surface area contributed by atoms with Crippen LogP contribution >= 0.6 is 0 Å². The molecule has 3 rings (SSSR count). The SMILES string of the molecule is COc1ccc(CNc2cncc(-c3cncc(OC)c3)n2)cc1. The fraction of sp³-hybridized carbons (Fsp3) is 0.167. The van der Waals surface area contributed by atoms with Crippen molar-refractivity contribution in [3.05, 3.63) is 60.7 Å². The van der Waals surface area contributed by atoms with Gasteiger partial charge in [-0.15, -0.1) is 0 Å². The zero-order valence-corrected chi connectivity index (χ0v) is 13.6. The average Bonchev–Trinajstić information content (AvgIpc) is 2.67. The molecule has 0 aliphatic rings. The molecule has 0 bridgehead atoms. The Balaban J connectivity index is 1.72. The lowest BCUT2D eigenvalue weighted by molar-refractivity contribution is 0.413. The number of hydrogen-bond acceptors (Lipinski definition) is 6. The van der Waals surface area contributed by atoms with E-state index in [-0.39, 0.29) is 0 Å². The topological polar surface area (TPSA) is 69.2 Å². The summed E-state index contributed by atoms with van der Waals surface area (Å²) in [5.74, 6) is 2.23. The second kappa shape index (κ2) is 7.41. The van der Waals surface area contributed by atoms with Crippen LogP contribution in [0.5, 0.6) is 11.5 Å². The van der Waals surface area contributed by atoms with E-state index in [4.69, 9.17) is 9.47 Å². The van der Waals surface area contributed by atoms with Gasteiger partial charge in [0.2, 0.25) is 0 Å². The summed E-state index contributed by atoms with van der Waals surface area (Å²) in [7, 11) is 3.26. The summed E-state index contributed by atoms with van der Waals surface area (Å²) in [4.78, 5) is 13.0. The van der Waals surface area contributed by atoms with Crippen LogP contribution in [0.3, 0.4) is 0 Å². The number of pyridine rings is 1. The summed E-state index contributed by atoms with van der Waals surface area (Å²) in [6, 6.07) is 9.76. The van der Waals surface area contributed by atoms with Gasteiger partial charge in [0, 0.05) is 18.3 Å². The van der Waals surface area contributed by atoms with E-state index in [2.05, 4.69) is 20.3 Å². The molecule has 0 aliphatic heterocycles. The molecule has 1 N–H and O–H groups in total. The molecular formula is C18H18N4O2. The van der Waals surface area contributed by atoms with Crippen molar-refractivity contribution in [3.8, 4) is 22.8 Å². The molecule has 6 nitrogen and oxygen atoms in total. The number of anilines is 1. The highest BCUT2D eigenvalue weighted by Gasteiger charge is 2.04. The van der Waals surface area contributed by atoms with Crippen molar-refractivity contribution in [2.45, 2.75) is 6.54 Å². The quantitative estimate of drug-likeness (QED) is 0.752. The number of rotatable bonds is 6. The van der Waals surface area contributed by atoms with Crippen molar-refractivity contribution in [1.29, 1.82) is 0 Å².